The van der Waals surface area contributed by atoms with Gasteiger partial charge >= 0.3 is 0 Å². The van der Waals surface area contributed by atoms with Crippen molar-refractivity contribution in [2.75, 3.05) is 6.54 Å². The van der Waals surface area contributed by atoms with Gasteiger partial charge in [0.25, 0.3) is 0 Å². The highest BCUT2D eigenvalue weighted by atomic mass is 16.5. The van der Waals surface area contributed by atoms with Crippen LogP contribution in [0.2, 0.25) is 0 Å². The molecule has 0 radical (unpaired) electrons. The first-order valence-corrected chi connectivity index (χ1v) is 6.64. The Morgan fingerprint density at radius 3 is 2.47 bits per heavy atom. The fourth-order valence-corrected chi connectivity index (χ4v) is 2.07. The standard InChI is InChI=1S/C13H25N3O/c1-6-11(10(5)14-7-2)13-15-12(16-17-13)8-9(3)4/h9-11,14H,6-8H2,1-5H3. The minimum Gasteiger partial charge on any atom is -0.339 e. The van der Waals surface area contributed by atoms with Crippen molar-refractivity contribution >= 4 is 0 Å². The Labute approximate surface area is 104 Å². The third-order valence-electron chi connectivity index (χ3n) is 2.96. The topological polar surface area (TPSA) is 51.0 Å². The van der Waals surface area contributed by atoms with Crippen LogP contribution >= 0.6 is 0 Å². The zero-order chi connectivity index (χ0) is 12.8. The lowest BCUT2D eigenvalue weighted by atomic mass is 9.98. The van der Waals surface area contributed by atoms with E-state index in [0.29, 0.717) is 17.9 Å². The van der Waals surface area contributed by atoms with Crippen LogP contribution < -0.4 is 5.32 Å². The molecule has 1 rings (SSSR count). The molecule has 4 heteroatoms. The first-order valence-electron chi connectivity index (χ1n) is 6.64. The van der Waals surface area contributed by atoms with Crippen molar-refractivity contribution in [2.24, 2.45) is 5.92 Å². The molecule has 98 valence electrons. The van der Waals surface area contributed by atoms with Gasteiger partial charge in [0.1, 0.15) is 0 Å². The van der Waals surface area contributed by atoms with Gasteiger partial charge in [-0.1, -0.05) is 32.9 Å². The average Bonchev–Trinajstić information content (AvgIpc) is 2.67. The van der Waals surface area contributed by atoms with Crippen LogP contribution in [0.25, 0.3) is 0 Å². The summed E-state index contributed by atoms with van der Waals surface area (Å²) >= 11 is 0. The van der Waals surface area contributed by atoms with Crippen LogP contribution in [0.4, 0.5) is 0 Å². The summed E-state index contributed by atoms with van der Waals surface area (Å²) in [5.41, 5.74) is 0. The molecule has 0 aromatic carbocycles. The Kier molecular flexibility index (Phi) is 5.62. The van der Waals surface area contributed by atoms with Crippen molar-refractivity contribution in [3.8, 4) is 0 Å². The monoisotopic (exact) mass is 239 g/mol. The van der Waals surface area contributed by atoms with Crippen LogP contribution in [-0.4, -0.2) is 22.7 Å². The zero-order valence-corrected chi connectivity index (χ0v) is 11.7. The van der Waals surface area contributed by atoms with Crippen molar-refractivity contribution in [2.45, 2.75) is 59.4 Å². The van der Waals surface area contributed by atoms with E-state index in [1.54, 1.807) is 0 Å². The molecule has 0 bridgehead atoms. The summed E-state index contributed by atoms with van der Waals surface area (Å²) in [7, 11) is 0. The predicted octanol–water partition coefficient (Wildman–Crippen LogP) is 2.76. The third-order valence-corrected chi connectivity index (χ3v) is 2.96. The lowest BCUT2D eigenvalue weighted by Gasteiger charge is -2.19. The molecule has 0 aliphatic carbocycles. The maximum atomic E-state index is 5.38. The van der Waals surface area contributed by atoms with E-state index in [-0.39, 0.29) is 0 Å². The lowest BCUT2D eigenvalue weighted by Crippen LogP contribution is -2.31. The van der Waals surface area contributed by atoms with E-state index in [1.807, 2.05) is 0 Å². The van der Waals surface area contributed by atoms with Crippen LogP contribution in [0.3, 0.4) is 0 Å². The number of nitrogens with one attached hydrogen (secondary N) is 1. The second kappa shape index (κ2) is 6.74. The fourth-order valence-electron chi connectivity index (χ4n) is 2.07. The molecule has 0 spiro atoms. The SMILES string of the molecule is CCNC(C)C(CC)c1nc(CC(C)C)no1. The summed E-state index contributed by atoms with van der Waals surface area (Å²) in [6, 6.07) is 0.373. The maximum Gasteiger partial charge on any atom is 0.231 e. The maximum absolute atomic E-state index is 5.38. The molecule has 4 nitrogen and oxygen atoms in total. The molecule has 0 aliphatic heterocycles. The second-order valence-electron chi connectivity index (χ2n) is 5.01. The normalized spacial score (nSPS) is 15.2. The summed E-state index contributed by atoms with van der Waals surface area (Å²) in [6.45, 7) is 11.7. The van der Waals surface area contributed by atoms with Crippen molar-refractivity contribution in [3.63, 3.8) is 0 Å². The summed E-state index contributed by atoms with van der Waals surface area (Å²) in [5, 5.41) is 7.47. The Bertz CT molecular complexity index is 322. The van der Waals surface area contributed by atoms with Crippen LogP contribution in [0.1, 0.15) is 58.7 Å². The van der Waals surface area contributed by atoms with E-state index in [0.717, 1.165) is 31.1 Å². The Morgan fingerprint density at radius 1 is 1.24 bits per heavy atom. The van der Waals surface area contributed by atoms with Crippen molar-refractivity contribution in [1.82, 2.24) is 15.5 Å². The summed E-state index contributed by atoms with van der Waals surface area (Å²) in [4.78, 5) is 4.51. The van der Waals surface area contributed by atoms with Crippen LogP contribution in [-0.2, 0) is 6.42 Å². The minimum atomic E-state index is 0.309. The molecular weight excluding hydrogens is 214 g/mol. The van der Waals surface area contributed by atoms with Gasteiger partial charge in [0, 0.05) is 12.5 Å². The first-order chi connectivity index (χ1) is 8.08. The van der Waals surface area contributed by atoms with E-state index in [1.165, 1.54) is 0 Å². The Morgan fingerprint density at radius 2 is 1.94 bits per heavy atom. The lowest BCUT2D eigenvalue weighted by molar-refractivity contribution is 0.315. The van der Waals surface area contributed by atoms with Gasteiger partial charge in [0.05, 0.1) is 5.92 Å². The Balaban J connectivity index is 2.71. The highest BCUT2D eigenvalue weighted by Gasteiger charge is 2.23. The van der Waals surface area contributed by atoms with E-state index >= 15 is 0 Å². The first kappa shape index (κ1) is 14.2. The molecule has 1 N–H and O–H groups in total. The number of hydrogen-bond acceptors (Lipinski definition) is 4. The van der Waals surface area contributed by atoms with Gasteiger partial charge in [-0.3, -0.25) is 0 Å². The van der Waals surface area contributed by atoms with E-state index in [9.17, 15) is 0 Å². The molecule has 0 fully saturated rings. The molecule has 0 saturated carbocycles. The van der Waals surface area contributed by atoms with Gasteiger partial charge in [-0.2, -0.15) is 4.98 Å². The molecular formula is C13H25N3O. The molecule has 17 heavy (non-hydrogen) atoms. The zero-order valence-electron chi connectivity index (χ0n) is 11.7. The van der Waals surface area contributed by atoms with Crippen molar-refractivity contribution in [3.05, 3.63) is 11.7 Å². The molecule has 0 amide bonds. The predicted molar refractivity (Wildman–Crippen MR) is 69.0 cm³/mol. The van der Waals surface area contributed by atoms with Gasteiger partial charge < -0.3 is 9.84 Å². The Hall–Kier alpha value is -0.900. The van der Waals surface area contributed by atoms with Crippen LogP contribution in [0.5, 0.6) is 0 Å². The minimum absolute atomic E-state index is 0.309. The van der Waals surface area contributed by atoms with E-state index < -0.39 is 0 Å². The highest BCUT2D eigenvalue weighted by molar-refractivity contribution is 4.98. The van der Waals surface area contributed by atoms with Gasteiger partial charge in [-0.25, -0.2) is 0 Å². The van der Waals surface area contributed by atoms with Gasteiger partial charge in [0.15, 0.2) is 5.82 Å². The number of likely N-dealkylation sites (N-methyl/N-ethyl adjacent to an activating group) is 1. The number of nitrogens with zero attached hydrogens (tertiary/aromatic N) is 2. The average molecular weight is 239 g/mol. The van der Waals surface area contributed by atoms with Crippen molar-refractivity contribution < 1.29 is 4.52 Å². The summed E-state index contributed by atoms with van der Waals surface area (Å²) < 4.78 is 5.38. The molecule has 0 aliphatic rings. The summed E-state index contributed by atoms with van der Waals surface area (Å²) in [5.74, 6) is 2.48. The molecule has 2 unspecified atom stereocenters. The molecule has 2 atom stereocenters. The molecule has 0 saturated heterocycles. The largest absolute Gasteiger partial charge is 0.339 e. The van der Waals surface area contributed by atoms with Crippen molar-refractivity contribution in [1.29, 1.82) is 0 Å². The number of hydrogen-bond donors (Lipinski definition) is 1. The van der Waals surface area contributed by atoms with Crippen LogP contribution in [0.15, 0.2) is 4.52 Å². The quantitative estimate of drug-likeness (QED) is 0.795. The smallest absolute Gasteiger partial charge is 0.231 e. The van der Waals surface area contributed by atoms with Gasteiger partial charge in [0.2, 0.25) is 5.89 Å². The van der Waals surface area contributed by atoms with Gasteiger partial charge in [-0.05, 0) is 25.8 Å². The molecule has 1 aromatic heterocycles. The highest BCUT2D eigenvalue weighted by Crippen LogP contribution is 2.22. The molecule has 1 aromatic rings. The van der Waals surface area contributed by atoms with Crippen LogP contribution in [0, 0.1) is 5.92 Å². The number of rotatable bonds is 7. The number of aromatic nitrogens is 2. The fraction of sp³-hybridized carbons (Fsp3) is 0.846. The molecule has 1 heterocycles. The van der Waals surface area contributed by atoms with E-state index in [4.69, 9.17) is 4.52 Å². The van der Waals surface area contributed by atoms with Gasteiger partial charge in [-0.15, -0.1) is 0 Å². The van der Waals surface area contributed by atoms with E-state index in [2.05, 4.69) is 50.1 Å². The second-order valence-corrected chi connectivity index (χ2v) is 5.01. The third kappa shape index (κ3) is 4.11. The summed E-state index contributed by atoms with van der Waals surface area (Å²) in [6.07, 6.45) is 1.90.